The Hall–Kier alpha value is -1.54. The van der Waals surface area contributed by atoms with Gasteiger partial charge in [-0.05, 0) is 23.3 Å². The summed E-state index contributed by atoms with van der Waals surface area (Å²) >= 11 is 0. The molecule has 2 heterocycles. The fourth-order valence-corrected chi connectivity index (χ4v) is 1.98. The van der Waals surface area contributed by atoms with E-state index in [0.717, 1.165) is 12.8 Å². The number of hydrogen-bond donors (Lipinski definition) is 1. The zero-order chi connectivity index (χ0) is 12.8. The van der Waals surface area contributed by atoms with E-state index in [1.807, 2.05) is 0 Å². The molecule has 100 valence electrons. The number of likely N-dealkylation sites (tertiary alicyclic amines) is 1. The maximum atomic E-state index is 11.9. The predicted molar refractivity (Wildman–Crippen MR) is 60.5 cm³/mol. The fourth-order valence-electron chi connectivity index (χ4n) is 1.98. The lowest BCUT2D eigenvalue weighted by Crippen LogP contribution is -2.42. The number of carbonyl (C=O) groups excluding carboxylic acids is 1. The maximum Gasteiger partial charge on any atom is 0.244 e. The molecule has 0 spiro atoms. The maximum absolute atomic E-state index is 11.9. The molecule has 1 aromatic rings. The number of aliphatic hydroxyl groups is 1. The molecule has 1 aromatic heterocycles. The Kier molecular flexibility index (Phi) is 4.59. The van der Waals surface area contributed by atoms with Gasteiger partial charge in [-0.3, -0.25) is 4.79 Å². The van der Waals surface area contributed by atoms with Gasteiger partial charge in [0.15, 0.2) is 0 Å². The summed E-state index contributed by atoms with van der Waals surface area (Å²) < 4.78 is 6.85. The van der Waals surface area contributed by atoms with E-state index < -0.39 is 0 Å². The van der Waals surface area contributed by atoms with Crippen molar-refractivity contribution in [2.24, 2.45) is 0 Å². The largest absolute Gasteiger partial charge is 0.394 e. The lowest BCUT2D eigenvalue weighted by Gasteiger charge is -2.31. The van der Waals surface area contributed by atoms with Crippen molar-refractivity contribution < 1.29 is 14.6 Å². The number of aliphatic hydroxyl groups excluding tert-OH is 1. The van der Waals surface area contributed by atoms with E-state index in [9.17, 15) is 4.79 Å². The number of aromatic nitrogens is 4. The second-order valence-electron chi connectivity index (χ2n) is 4.18. The number of nitrogens with zero attached hydrogens (tertiary/aromatic N) is 5. The van der Waals surface area contributed by atoms with Crippen molar-refractivity contribution in [3.05, 3.63) is 6.33 Å². The minimum atomic E-state index is 0.0166. The number of hydrogen-bond acceptors (Lipinski definition) is 6. The summed E-state index contributed by atoms with van der Waals surface area (Å²) in [7, 11) is 0. The van der Waals surface area contributed by atoms with E-state index in [-0.39, 0.29) is 25.2 Å². The molecule has 0 radical (unpaired) electrons. The monoisotopic (exact) mass is 255 g/mol. The third-order valence-electron chi connectivity index (χ3n) is 2.93. The minimum absolute atomic E-state index is 0.0166. The molecule has 0 unspecified atom stereocenters. The first-order chi connectivity index (χ1) is 8.79. The Morgan fingerprint density at radius 2 is 2.22 bits per heavy atom. The highest BCUT2D eigenvalue weighted by molar-refractivity contribution is 5.75. The number of piperidine rings is 1. The summed E-state index contributed by atoms with van der Waals surface area (Å²) in [6.07, 6.45) is 3.19. The molecule has 0 aromatic carbocycles. The SMILES string of the molecule is O=C(Cn1cnnn1)N1CCC(OCCO)CC1. The first kappa shape index (κ1) is 12.9. The van der Waals surface area contributed by atoms with Crippen molar-refractivity contribution in [3.8, 4) is 0 Å². The molecule has 0 bridgehead atoms. The molecule has 0 atom stereocenters. The van der Waals surface area contributed by atoms with Crippen molar-refractivity contribution >= 4 is 5.91 Å². The molecule has 0 saturated carbocycles. The molecule has 1 aliphatic rings. The van der Waals surface area contributed by atoms with Gasteiger partial charge in [-0.25, -0.2) is 4.68 Å². The third kappa shape index (κ3) is 3.47. The topological polar surface area (TPSA) is 93.4 Å². The standard InChI is InChI=1S/C10H17N5O3/c16-5-6-18-9-1-3-14(4-2-9)10(17)7-15-8-11-12-13-15/h8-9,16H,1-7H2. The molecule has 8 heteroatoms. The molecule has 1 amide bonds. The lowest BCUT2D eigenvalue weighted by atomic mass is 10.1. The molecule has 8 nitrogen and oxygen atoms in total. The van der Waals surface area contributed by atoms with Crippen LogP contribution in [0.2, 0.25) is 0 Å². The second-order valence-corrected chi connectivity index (χ2v) is 4.18. The number of rotatable bonds is 5. The van der Waals surface area contributed by atoms with Crippen LogP contribution in [0.3, 0.4) is 0 Å². The highest BCUT2D eigenvalue weighted by atomic mass is 16.5. The van der Waals surface area contributed by atoms with Crippen molar-refractivity contribution in [1.82, 2.24) is 25.1 Å². The van der Waals surface area contributed by atoms with Crippen molar-refractivity contribution in [2.75, 3.05) is 26.3 Å². The van der Waals surface area contributed by atoms with E-state index in [2.05, 4.69) is 15.5 Å². The Morgan fingerprint density at radius 3 is 2.83 bits per heavy atom. The van der Waals surface area contributed by atoms with Crippen LogP contribution >= 0.6 is 0 Å². The molecular formula is C10H17N5O3. The van der Waals surface area contributed by atoms with Crippen LogP contribution in [-0.4, -0.2) is 68.5 Å². The molecule has 0 aliphatic carbocycles. The summed E-state index contributed by atoms with van der Waals surface area (Å²) in [5, 5.41) is 19.3. The Labute approximate surface area is 105 Å². The summed E-state index contributed by atoms with van der Waals surface area (Å²) in [4.78, 5) is 13.7. The van der Waals surface area contributed by atoms with E-state index in [1.165, 1.54) is 11.0 Å². The van der Waals surface area contributed by atoms with Crippen LogP contribution < -0.4 is 0 Å². The highest BCUT2D eigenvalue weighted by Crippen LogP contribution is 2.13. The zero-order valence-electron chi connectivity index (χ0n) is 10.1. The molecule has 1 N–H and O–H groups in total. The molecule has 2 rings (SSSR count). The Morgan fingerprint density at radius 1 is 1.44 bits per heavy atom. The van der Waals surface area contributed by atoms with Crippen LogP contribution in [0.4, 0.5) is 0 Å². The van der Waals surface area contributed by atoms with Gasteiger partial charge in [-0.2, -0.15) is 0 Å². The first-order valence-corrected chi connectivity index (χ1v) is 6.00. The first-order valence-electron chi connectivity index (χ1n) is 6.00. The highest BCUT2D eigenvalue weighted by Gasteiger charge is 2.23. The van der Waals surface area contributed by atoms with Crippen LogP contribution in [-0.2, 0) is 16.1 Å². The average molecular weight is 255 g/mol. The van der Waals surface area contributed by atoms with E-state index in [0.29, 0.717) is 19.7 Å². The predicted octanol–water partition coefficient (Wildman–Crippen LogP) is -1.33. The third-order valence-corrected chi connectivity index (χ3v) is 2.93. The molecule has 1 saturated heterocycles. The van der Waals surface area contributed by atoms with Gasteiger partial charge in [-0.15, -0.1) is 5.10 Å². The van der Waals surface area contributed by atoms with Gasteiger partial charge in [0.2, 0.25) is 5.91 Å². The van der Waals surface area contributed by atoms with Gasteiger partial charge in [0, 0.05) is 13.1 Å². The summed E-state index contributed by atoms with van der Waals surface area (Å²) in [6, 6.07) is 0. The van der Waals surface area contributed by atoms with Gasteiger partial charge >= 0.3 is 0 Å². The molecular weight excluding hydrogens is 238 g/mol. The van der Waals surface area contributed by atoms with Crippen LogP contribution in [0.1, 0.15) is 12.8 Å². The second kappa shape index (κ2) is 6.41. The van der Waals surface area contributed by atoms with E-state index in [1.54, 1.807) is 4.90 Å². The summed E-state index contributed by atoms with van der Waals surface area (Å²) in [5.41, 5.74) is 0. The minimum Gasteiger partial charge on any atom is -0.394 e. The number of carbonyl (C=O) groups is 1. The lowest BCUT2D eigenvalue weighted by molar-refractivity contribution is -0.134. The number of tetrazole rings is 1. The van der Waals surface area contributed by atoms with Gasteiger partial charge in [0.1, 0.15) is 12.9 Å². The van der Waals surface area contributed by atoms with Crippen LogP contribution in [0.15, 0.2) is 6.33 Å². The Balaban J connectivity index is 1.73. The normalized spacial score (nSPS) is 17.1. The van der Waals surface area contributed by atoms with Gasteiger partial charge in [0.05, 0.1) is 19.3 Å². The van der Waals surface area contributed by atoms with Crippen LogP contribution in [0, 0.1) is 0 Å². The summed E-state index contributed by atoms with van der Waals surface area (Å²) in [5.74, 6) is 0.0166. The number of ether oxygens (including phenoxy) is 1. The smallest absolute Gasteiger partial charge is 0.244 e. The average Bonchev–Trinajstić information content (AvgIpc) is 2.89. The quantitative estimate of drug-likeness (QED) is 0.701. The summed E-state index contributed by atoms with van der Waals surface area (Å²) in [6.45, 7) is 1.94. The number of amides is 1. The molecule has 18 heavy (non-hydrogen) atoms. The molecule has 1 aliphatic heterocycles. The van der Waals surface area contributed by atoms with Gasteiger partial charge in [-0.1, -0.05) is 0 Å². The van der Waals surface area contributed by atoms with Crippen molar-refractivity contribution in [2.45, 2.75) is 25.5 Å². The zero-order valence-corrected chi connectivity index (χ0v) is 10.1. The van der Waals surface area contributed by atoms with Crippen molar-refractivity contribution in [1.29, 1.82) is 0 Å². The van der Waals surface area contributed by atoms with Gasteiger partial charge < -0.3 is 14.7 Å². The fraction of sp³-hybridized carbons (Fsp3) is 0.800. The molecule has 1 fully saturated rings. The van der Waals surface area contributed by atoms with Crippen LogP contribution in [0.25, 0.3) is 0 Å². The van der Waals surface area contributed by atoms with E-state index in [4.69, 9.17) is 9.84 Å². The van der Waals surface area contributed by atoms with Crippen molar-refractivity contribution in [3.63, 3.8) is 0 Å². The van der Waals surface area contributed by atoms with E-state index >= 15 is 0 Å². The van der Waals surface area contributed by atoms with Crippen LogP contribution in [0.5, 0.6) is 0 Å². The van der Waals surface area contributed by atoms with Gasteiger partial charge in [0.25, 0.3) is 0 Å². The Bertz CT molecular complexity index is 362.